The molecule has 0 saturated carbocycles. The van der Waals surface area contributed by atoms with E-state index in [1.54, 1.807) is 13.8 Å². The number of amides is 2. The molecule has 25 heavy (non-hydrogen) atoms. The summed E-state index contributed by atoms with van der Waals surface area (Å²) in [5.41, 5.74) is 0.956. The molecule has 0 aromatic heterocycles. The van der Waals surface area contributed by atoms with Crippen LogP contribution in [0.4, 0.5) is 9.59 Å². The van der Waals surface area contributed by atoms with Crippen LogP contribution in [0.15, 0.2) is 36.4 Å². The van der Waals surface area contributed by atoms with Crippen LogP contribution in [0.2, 0.25) is 0 Å². The summed E-state index contributed by atoms with van der Waals surface area (Å²) in [4.78, 5) is 27.6. The molecule has 0 N–H and O–H groups in total. The van der Waals surface area contributed by atoms with Crippen molar-refractivity contribution in [1.82, 2.24) is 14.3 Å². The lowest BCUT2D eigenvalue weighted by atomic mass is 10.2. The smallest absolute Gasteiger partial charge is 0.440 e. The number of ether oxygens (including phenoxy) is 2. The number of likely N-dealkylation sites (N-methyl/N-ethyl adjacent to an activating group) is 1. The van der Waals surface area contributed by atoms with E-state index in [4.69, 9.17) is 9.47 Å². The SMILES string of the molecule is CCOC(=O)N1SC(c2ccccc2)=CC(N(C)C)N1C(=O)OCC. The molecule has 1 atom stereocenters. The molecule has 0 spiro atoms. The van der Waals surface area contributed by atoms with E-state index in [1.165, 1.54) is 9.42 Å². The van der Waals surface area contributed by atoms with E-state index in [9.17, 15) is 9.59 Å². The number of benzene rings is 1. The molecule has 0 fully saturated rings. The van der Waals surface area contributed by atoms with Gasteiger partial charge in [0.15, 0.2) is 0 Å². The molecule has 2 amide bonds. The molecule has 0 radical (unpaired) electrons. The summed E-state index contributed by atoms with van der Waals surface area (Å²) in [7, 11) is 3.66. The maximum Gasteiger partial charge on any atom is 0.440 e. The molecule has 8 heteroatoms. The molecule has 0 bridgehead atoms. The zero-order valence-corrected chi connectivity index (χ0v) is 15.7. The van der Waals surface area contributed by atoms with E-state index in [0.717, 1.165) is 22.4 Å². The van der Waals surface area contributed by atoms with E-state index < -0.39 is 18.4 Å². The van der Waals surface area contributed by atoms with Crippen molar-refractivity contribution in [3.63, 3.8) is 0 Å². The summed E-state index contributed by atoms with van der Waals surface area (Å²) in [6, 6.07) is 9.68. The van der Waals surface area contributed by atoms with Crippen LogP contribution in [0.5, 0.6) is 0 Å². The normalized spacial score (nSPS) is 17.3. The van der Waals surface area contributed by atoms with Crippen molar-refractivity contribution < 1.29 is 19.1 Å². The molecule has 136 valence electrons. The number of hydrazine groups is 1. The molecule has 0 aliphatic carbocycles. The Labute approximate surface area is 152 Å². The van der Waals surface area contributed by atoms with Crippen molar-refractivity contribution in [2.75, 3.05) is 27.3 Å². The lowest BCUT2D eigenvalue weighted by Crippen LogP contribution is -2.57. The van der Waals surface area contributed by atoms with Gasteiger partial charge in [0, 0.05) is 16.9 Å². The van der Waals surface area contributed by atoms with Crippen molar-refractivity contribution in [3.05, 3.63) is 42.0 Å². The van der Waals surface area contributed by atoms with Gasteiger partial charge in [0.1, 0.15) is 6.17 Å². The second kappa shape index (κ2) is 8.77. The number of nitrogens with zero attached hydrogens (tertiary/aromatic N) is 3. The predicted molar refractivity (Wildman–Crippen MR) is 97.2 cm³/mol. The van der Waals surface area contributed by atoms with E-state index >= 15 is 0 Å². The maximum absolute atomic E-state index is 12.5. The fourth-order valence-electron chi connectivity index (χ4n) is 2.28. The molecule has 1 aliphatic heterocycles. The Kier molecular flexibility index (Phi) is 6.72. The first kappa shape index (κ1) is 19.1. The van der Waals surface area contributed by atoms with Crippen LogP contribution < -0.4 is 0 Å². The summed E-state index contributed by atoms with van der Waals surface area (Å²) < 4.78 is 11.5. The Balaban J connectivity index is 2.45. The summed E-state index contributed by atoms with van der Waals surface area (Å²) in [5.74, 6) is 0. The molecule has 7 nitrogen and oxygen atoms in total. The van der Waals surface area contributed by atoms with Crippen LogP contribution in [0.3, 0.4) is 0 Å². The van der Waals surface area contributed by atoms with Gasteiger partial charge in [-0.1, -0.05) is 30.3 Å². The van der Waals surface area contributed by atoms with E-state index in [0.29, 0.717) is 0 Å². The molecule has 1 aromatic rings. The second-order valence-corrected chi connectivity index (χ2v) is 6.35. The van der Waals surface area contributed by atoms with E-state index in [-0.39, 0.29) is 13.2 Å². The van der Waals surface area contributed by atoms with Gasteiger partial charge in [-0.3, -0.25) is 4.90 Å². The van der Waals surface area contributed by atoms with Crippen molar-refractivity contribution >= 4 is 29.0 Å². The lowest BCUT2D eigenvalue weighted by molar-refractivity contribution is -0.0145. The Morgan fingerprint density at radius 2 is 1.68 bits per heavy atom. The Morgan fingerprint density at radius 1 is 1.08 bits per heavy atom. The highest BCUT2D eigenvalue weighted by molar-refractivity contribution is 8.06. The van der Waals surface area contributed by atoms with Gasteiger partial charge in [-0.2, -0.15) is 5.01 Å². The van der Waals surface area contributed by atoms with Gasteiger partial charge in [0.2, 0.25) is 0 Å². The lowest BCUT2D eigenvalue weighted by Gasteiger charge is -2.42. The topological polar surface area (TPSA) is 62.3 Å². The highest BCUT2D eigenvalue weighted by Crippen LogP contribution is 2.38. The molecular formula is C17H23N3O4S. The zero-order chi connectivity index (χ0) is 18.4. The van der Waals surface area contributed by atoms with Crippen molar-refractivity contribution in [2.24, 2.45) is 0 Å². The predicted octanol–water partition coefficient (Wildman–Crippen LogP) is 3.41. The molecule has 1 unspecified atom stereocenters. The Hall–Kier alpha value is -2.19. The molecule has 1 aliphatic rings. The largest absolute Gasteiger partial charge is 0.448 e. The van der Waals surface area contributed by atoms with Crippen LogP contribution in [0, 0.1) is 0 Å². The van der Waals surface area contributed by atoms with Crippen LogP contribution in [0.25, 0.3) is 4.91 Å². The monoisotopic (exact) mass is 365 g/mol. The zero-order valence-electron chi connectivity index (χ0n) is 14.8. The van der Waals surface area contributed by atoms with Gasteiger partial charge < -0.3 is 9.47 Å². The van der Waals surface area contributed by atoms with Crippen LogP contribution in [-0.4, -0.2) is 60.0 Å². The molecule has 1 aromatic carbocycles. The maximum atomic E-state index is 12.5. The molecule has 1 heterocycles. The number of hydrogen-bond acceptors (Lipinski definition) is 6. The highest BCUT2D eigenvalue weighted by atomic mass is 32.2. The Bertz CT molecular complexity index is 636. The van der Waals surface area contributed by atoms with Gasteiger partial charge in [0.25, 0.3) is 0 Å². The minimum Gasteiger partial charge on any atom is -0.448 e. The number of carbonyl (C=O) groups excluding carboxylic acids is 2. The van der Waals surface area contributed by atoms with Crippen molar-refractivity contribution in [2.45, 2.75) is 20.0 Å². The fraction of sp³-hybridized carbons (Fsp3) is 0.412. The Morgan fingerprint density at radius 3 is 2.24 bits per heavy atom. The third kappa shape index (κ3) is 4.46. The third-order valence-electron chi connectivity index (χ3n) is 3.40. The minimum atomic E-state index is -0.617. The van der Waals surface area contributed by atoms with Crippen molar-refractivity contribution in [3.8, 4) is 0 Å². The first-order valence-corrected chi connectivity index (χ1v) is 8.81. The van der Waals surface area contributed by atoms with Crippen LogP contribution in [-0.2, 0) is 9.47 Å². The van der Waals surface area contributed by atoms with Gasteiger partial charge in [-0.15, -0.1) is 4.41 Å². The van der Waals surface area contributed by atoms with Gasteiger partial charge in [-0.25, -0.2) is 9.59 Å². The summed E-state index contributed by atoms with van der Waals surface area (Å²) >= 11 is 1.13. The first-order chi connectivity index (χ1) is 12.0. The van der Waals surface area contributed by atoms with E-state index in [2.05, 4.69) is 0 Å². The standard InChI is InChI=1S/C17H23N3O4S/c1-5-23-16(21)19-15(18(3)4)12-14(13-10-8-7-9-11-13)25-20(19)17(22)24-6-2/h7-12,15H,5-6H2,1-4H3. The van der Waals surface area contributed by atoms with Crippen LogP contribution in [0.1, 0.15) is 19.4 Å². The number of carbonyl (C=O) groups is 2. The van der Waals surface area contributed by atoms with Crippen molar-refractivity contribution in [1.29, 1.82) is 0 Å². The number of rotatable bonds is 4. The molecular weight excluding hydrogens is 342 g/mol. The fourth-order valence-corrected chi connectivity index (χ4v) is 3.26. The summed E-state index contributed by atoms with van der Waals surface area (Å²) in [6.07, 6.45) is 0.214. The average Bonchev–Trinajstić information content (AvgIpc) is 2.61. The average molecular weight is 365 g/mol. The second-order valence-electron chi connectivity index (χ2n) is 5.38. The van der Waals surface area contributed by atoms with Gasteiger partial charge in [-0.05, 0) is 39.6 Å². The third-order valence-corrected chi connectivity index (χ3v) is 4.46. The number of hydrogen-bond donors (Lipinski definition) is 0. The van der Waals surface area contributed by atoms with Crippen LogP contribution >= 0.6 is 11.9 Å². The minimum absolute atomic E-state index is 0.212. The molecule has 2 rings (SSSR count). The first-order valence-electron chi connectivity index (χ1n) is 8.04. The van der Waals surface area contributed by atoms with Gasteiger partial charge >= 0.3 is 12.2 Å². The highest BCUT2D eigenvalue weighted by Gasteiger charge is 2.40. The quantitative estimate of drug-likeness (QED) is 0.762. The summed E-state index contributed by atoms with van der Waals surface area (Å²) in [6.45, 7) is 3.87. The summed E-state index contributed by atoms with van der Waals surface area (Å²) in [5, 5.41) is 1.26. The van der Waals surface area contributed by atoms with Gasteiger partial charge in [0.05, 0.1) is 13.2 Å². The van der Waals surface area contributed by atoms with E-state index in [1.807, 2.05) is 55.4 Å². The molecule has 0 saturated heterocycles.